The van der Waals surface area contributed by atoms with Crippen LogP contribution in [0.3, 0.4) is 0 Å². The molecule has 1 aromatic heterocycles. The molecule has 0 aliphatic carbocycles. The SMILES string of the molecule is CCCOc1ccc(-n2cncn2)c(OCCC)c1. The Balaban J connectivity index is 2.26. The molecule has 1 heterocycles. The topological polar surface area (TPSA) is 49.2 Å². The van der Waals surface area contributed by atoms with Gasteiger partial charge in [-0.3, -0.25) is 0 Å². The van der Waals surface area contributed by atoms with Crippen molar-refractivity contribution < 1.29 is 9.47 Å². The molecule has 0 aliphatic rings. The normalized spacial score (nSPS) is 10.4. The van der Waals surface area contributed by atoms with Gasteiger partial charge in [-0.15, -0.1) is 0 Å². The highest BCUT2D eigenvalue weighted by Gasteiger charge is 2.08. The number of ether oxygens (including phenoxy) is 2. The van der Waals surface area contributed by atoms with Crippen LogP contribution in [0.25, 0.3) is 5.69 Å². The molecule has 0 unspecified atom stereocenters. The van der Waals surface area contributed by atoms with Crippen molar-refractivity contribution in [3.8, 4) is 17.2 Å². The smallest absolute Gasteiger partial charge is 0.148 e. The lowest BCUT2D eigenvalue weighted by Crippen LogP contribution is -2.03. The summed E-state index contributed by atoms with van der Waals surface area (Å²) in [6.45, 7) is 5.53. The van der Waals surface area contributed by atoms with Crippen molar-refractivity contribution >= 4 is 0 Å². The molecule has 0 amide bonds. The first-order chi connectivity index (χ1) is 9.35. The Morgan fingerprint density at radius 3 is 2.58 bits per heavy atom. The largest absolute Gasteiger partial charge is 0.493 e. The molecule has 0 saturated carbocycles. The summed E-state index contributed by atoms with van der Waals surface area (Å²) < 4.78 is 13.1. The van der Waals surface area contributed by atoms with Gasteiger partial charge in [0.1, 0.15) is 29.8 Å². The number of aromatic nitrogens is 3. The second-order valence-corrected chi connectivity index (χ2v) is 4.17. The summed E-state index contributed by atoms with van der Waals surface area (Å²) in [6, 6.07) is 5.76. The summed E-state index contributed by atoms with van der Waals surface area (Å²) >= 11 is 0. The third kappa shape index (κ3) is 3.47. The van der Waals surface area contributed by atoms with E-state index in [1.54, 1.807) is 11.0 Å². The van der Waals surface area contributed by atoms with Crippen LogP contribution in [-0.4, -0.2) is 28.0 Å². The third-order valence-electron chi connectivity index (χ3n) is 2.53. The van der Waals surface area contributed by atoms with Crippen LogP contribution in [-0.2, 0) is 0 Å². The zero-order valence-electron chi connectivity index (χ0n) is 11.4. The first-order valence-electron chi connectivity index (χ1n) is 6.59. The molecule has 2 aromatic rings. The fourth-order valence-electron chi connectivity index (χ4n) is 1.65. The first-order valence-corrected chi connectivity index (χ1v) is 6.59. The van der Waals surface area contributed by atoms with Gasteiger partial charge in [-0.05, 0) is 25.0 Å². The van der Waals surface area contributed by atoms with Crippen LogP contribution in [0.15, 0.2) is 30.9 Å². The van der Waals surface area contributed by atoms with Gasteiger partial charge in [-0.25, -0.2) is 9.67 Å². The molecular formula is C14H19N3O2. The number of hydrogen-bond acceptors (Lipinski definition) is 4. The van der Waals surface area contributed by atoms with E-state index < -0.39 is 0 Å². The lowest BCUT2D eigenvalue weighted by molar-refractivity contribution is 0.300. The molecule has 102 valence electrons. The summed E-state index contributed by atoms with van der Waals surface area (Å²) in [7, 11) is 0. The van der Waals surface area contributed by atoms with E-state index in [1.807, 2.05) is 18.2 Å². The predicted molar refractivity (Wildman–Crippen MR) is 72.9 cm³/mol. The highest BCUT2D eigenvalue weighted by atomic mass is 16.5. The van der Waals surface area contributed by atoms with Gasteiger partial charge >= 0.3 is 0 Å². The number of nitrogens with zero attached hydrogens (tertiary/aromatic N) is 3. The lowest BCUT2D eigenvalue weighted by atomic mass is 10.2. The van der Waals surface area contributed by atoms with Crippen LogP contribution in [0.1, 0.15) is 26.7 Å². The van der Waals surface area contributed by atoms with Crippen molar-refractivity contribution in [3.63, 3.8) is 0 Å². The molecule has 0 fully saturated rings. The van der Waals surface area contributed by atoms with Crippen LogP contribution in [0.5, 0.6) is 11.5 Å². The average Bonchev–Trinajstić information content (AvgIpc) is 2.97. The Kier molecular flexibility index (Phi) is 4.78. The van der Waals surface area contributed by atoms with Crippen molar-refractivity contribution in [2.45, 2.75) is 26.7 Å². The summed E-state index contributed by atoms with van der Waals surface area (Å²) in [5, 5.41) is 4.13. The minimum absolute atomic E-state index is 0.666. The Bertz CT molecular complexity index is 497. The average molecular weight is 261 g/mol. The van der Waals surface area contributed by atoms with Crippen molar-refractivity contribution in [1.82, 2.24) is 14.8 Å². The highest BCUT2D eigenvalue weighted by Crippen LogP contribution is 2.27. The standard InChI is InChI=1S/C14H19N3O2/c1-3-7-18-12-5-6-13(17-11-15-10-16-17)14(9-12)19-8-4-2/h5-6,9-11H,3-4,7-8H2,1-2H3. The molecule has 0 spiro atoms. The summed E-state index contributed by atoms with van der Waals surface area (Å²) in [5.74, 6) is 1.58. The Morgan fingerprint density at radius 2 is 1.89 bits per heavy atom. The highest BCUT2D eigenvalue weighted by molar-refractivity contribution is 5.50. The van der Waals surface area contributed by atoms with Gasteiger partial charge in [0.15, 0.2) is 0 Å². The molecule has 0 N–H and O–H groups in total. The molecule has 5 nitrogen and oxygen atoms in total. The van der Waals surface area contributed by atoms with Crippen molar-refractivity contribution in [2.24, 2.45) is 0 Å². The van der Waals surface area contributed by atoms with Gasteiger partial charge < -0.3 is 9.47 Å². The van der Waals surface area contributed by atoms with Gasteiger partial charge in [-0.2, -0.15) is 5.10 Å². The molecule has 2 rings (SSSR count). The maximum atomic E-state index is 5.76. The van der Waals surface area contributed by atoms with E-state index in [2.05, 4.69) is 23.9 Å². The fourth-order valence-corrected chi connectivity index (χ4v) is 1.65. The monoisotopic (exact) mass is 261 g/mol. The molecule has 0 radical (unpaired) electrons. The van der Waals surface area contributed by atoms with Crippen LogP contribution in [0, 0.1) is 0 Å². The van der Waals surface area contributed by atoms with Gasteiger partial charge in [0, 0.05) is 6.07 Å². The molecule has 0 aliphatic heterocycles. The Labute approximate surface area is 113 Å². The van der Waals surface area contributed by atoms with Gasteiger partial charge in [-0.1, -0.05) is 13.8 Å². The summed E-state index contributed by atoms with van der Waals surface area (Å²) in [6.07, 6.45) is 5.10. The van der Waals surface area contributed by atoms with Crippen LogP contribution in [0.2, 0.25) is 0 Å². The summed E-state index contributed by atoms with van der Waals surface area (Å²) in [4.78, 5) is 3.96. The van der Waals surface area contributed by atoms with Crippen molar-refractivity contribution in [2.75, 3.05) is 13.2 Å². The summed E-state index contributed by atoms with van der Waals surface area (Å²) in [5.41, 5.74) is 0.870. The van der Waals surface area contributed by atoms with Gasteiger partial charge in [0.05, 0.1) is 13.2 Å². The van der Waals surface area contributed by atoms with E-state index in [9.17, 15) is 0 Å². The molecule has 0 atom stereocenters. The number of benzene rings is 1. The van der Waals surface area contributed by atoms with Crippen molar-refractivity contribution in [1.29, 1.82) is 0 Å². The molecule has 1 aromatic carbocycles. The van der Waals surface area contributed by atoms with E-state index in [4.69, 9.17) is 9.47 Å². The first kappa shape index (κ1) is 13.4. The third-order valence-corrected chi connectivity index (χ3v) is 2.53. The minimum Gasteiger partial charge on any atom is -0.493 e. The fraction of sp³-hybridized carbons (Fsp3) is 0.429. The molecule has 0 saturated heterocycles. The van der Waals surface area contributed by atoms with Crippen molar-refractivity contribution in [3.05, 3.63) is 30.9 Å². The maximum Gasteiger partial charge on any atom is 0.148 e. The zero-order valence-corrected chi connectivity index (χ0v) is 11.4. The van der Waals surface area contributed by atoms with Gasteiger partial charge in [0.2, 0.25) is 0 Å². The van der Waals surface area contributed by atoms with Crippen LogP contribution >= 0.6 is 0 Å². The van der Waals surface area contributed by atoms with E-state index in [0.29, 0.717) is 13.2 Å². The lowest BCUT2D eigenvalue weighted by Gasteiger charge is -2.13. The van der Waals surface area contributed by atoms with Crippen LogP contribution < -0.4 is 9.47 Å². The van der Waals surface area contributed by atoms with E-state index in [-0.39, 0.29) is 0 Å². The molecular weight excluding hydrogens is 242 g/mol. The van der Waals surface area contributed by atoms with E-state index >= 15 is 0 Å². The maximum absolute atomic E-state index is 5.76. The Morgan fingerprint density at radius 1 is 1.11 bits per heavy atom. The number of rotatable bonds is 7. The minimum atomic E-state index is 0.666. The predicted octanol–water partition coefficient (Wildman–Crippen LogP) is 2.84. The zero-order chi connectivity index (χ0) is 13.5. The quantitative estimate of drug-likeness (QED) is 0.769. The number of hydrogen-bond donors (Lipinski definition) is 0. The van der Waals surface area contributed by atoms with E-state index in [0.717, 1.165) is 30.0 Å². The second kappa shape index (κ2) is 6.78. The second-order valence-electron chi connectivity index (χ2n) is 4.17. The molecule has 0 bridgehead atoms. The molecule has 5 heteroatoms. The van der Waals surface area contributed by atoms with E-state index in [1.165, 1.54) is 6.33 Å². The molecule has 19 heavy (non-hydrogen) atoms. The Hall–Kier alpha value is -2.04. The van der Waals surface area contributed by atoms with Gasteiger partial charge in [0.25, 0.3) is 0 Å². The van der Waals surface area contributed by atoms with Crippen LogP contribution in [0.4, 0.5) is 0 Å².